The number of pyridine rings is 1. The summed E-state index contributed by atoms with van der Waals surface area (Å²) in [7, 11) is 0. The number of nitrogens with zero attached hydrogens (tertiary/aromatic N) is 2. The van der Waals surface area contributed by atoms with Crippen molar-refractivity contribution in [3.8, 4) is 0 Å². The molecule has 6 nitrogen and oxygen atoms in total. The van der Waals surface area contributed by atoms with Crippen molar-refractivity contribution in [2.75, 3.05) is 26.3 Å². The van der Waals surface area contributed by atoms with E-state index in [0.717, 1.165) is 37.7 Å². The maximum Gasteiger partial charge on any atom is 0.287 e. The number of furan rings is 1. The van der Waals surface area contributed by atoms with Crippen LogP contribution < -0.4 is 5.32 Å². The van der Waals surface area contributed by atoms with Crippen LogP contribution in [0.1, 0.15) is 41.6 Å². The van der Waals surface area contributed by atoms with E-state index in [-0.39, 0.29) is 17.9 Å². The second-order valence-corrected chi connectivity index (χ2v) is 8.16. The number of hydrogen-bond donors (Lipinski definition) is 1. The van der Waals surface area contributed by atoms with Gasteiger partial charge >= 0.3 is 0 Å². The summed E-state index contributed by atoms with van der Waals surface area (Å²) in [5, 5.41) is 3.10. The predicted molar refractivity (Wildman–Crippen MR) is 106 cm³/mol. The van der Waals surface area contributed by atoms with E-state index in [1.165, 1.54) is 18.4 Å². The lowest BCUT2D eigenvalue weighted by Crippen LogP contribution is -2.40. The molecule has 2 fully saturated rings. The van der Waals surface area contributed by atoms with Crippen LogP contribution in [-0.4, -0.2) is 48.1 Å². The van der Waals surface area contributed by atoms with E-state index in [1.54, 1.807) is 18.5 Å². The Bertz CT molecular complexity index is 768. The van der Waals surface area contributed by atoms with Crippen LogP contribution >= 0.6 is 0 Å². The van der Waals surface area contributed by atoms with Crippen LogP contribution in [0.3, 0.4) is 0 Å². The van der Waals surface area contributed by atoms with Gasteiger partial charge in [0.2, 0.25) is 0 Å². The fraction of sp³-hybridized carbons (Fsp3) is 0.545. The minimum absolute atomic E-state index is 0.00204. The van der Waals surface area contributed by atoms with E-state index in [1.807, 2.05) is 18.2 Å². The van der Waals surface area contributed by atoms with Crippen LogP contribution in [0.25, 0.3) is 0 Å². The molecule has 2 aromatic heterocycles. The van der Waals surface area contributed by atoms with Crippen LogP contribution in [0.2, 0.25) is 0 Å². The Kier molecular flexibility index (Phi) is 6.07. The van der Waals surface area contributed by atoms with Crippen molar-refractivity contribution in [3.05, 3.63) is 53.7 Å². The normalized spacial score (nSPS) is 23.8. The van der Waals surface area contributed by atoms with Crippen LogP contribution in [-0.2, 0) is 17.7 Å². The van der Waals surface area contributed by atoms with Gasteiger partial charge in [0, 0.05) is 18.3 Å². The Morgan fingerprint density at radius 3 is 2.75 bits per heavy atom. The van der Waals surface area contributed by atoms with Crippen molar-refractivity contribution in [2.45, 2.75) is 38.8 Å². The topological polar surface area (TPSA) is 67.6 Å². The van der Waals surface area contributed by atoms with Crippen molar-refractivity contribution >= 4 is 5.91 Å². The van der Waals surface area contributed by atoms with Crippen LogP contribution in [0.15, 0.2) is 41.1 Å². The van der Waals surface area contributed by atoms with Crippen molar-refractivity contribution in [2.24, 2.45) is 11.8 Å². The first-order valence-corrected chi connectivity index (χ1v) is 10.3. The highest BCUT2D eigenvalue weighted by Crippen LogP contribution is 2.21. The molecule has 0 saturated carbocycles. The summed E-state index contributed by atoms with van der Waals surface area (Å²) in [4.78, 5) is 19.1. The predicted octanol–water partition coefficient (Wildman–Crippen LogP) is 2.89. The Balaban J connectivity index is 1.31. The lowest BCUT2D eigenvalue weighted by atomic mass is 9.95. The van der Waals surface area contributed by atoms with Crippen molar-refractivity contribution < 1.29 is 13.9 Å². The Morgan fingerprint density at radius 1 is 1.18 bits per heavy atom. The summed E-state index contributed by atoms with van der Waals surface area (Å²) in [5.74, 6) is 2.15. The molecular weight excluding hydrogens is 354 g/mol. The Morgan fingerprint density at radius 2 is 1.96 bits per heavy atom. The minimum atomic E-state index is -0.159. The quantitative estimate of drug-likeness (QED) is 0.831. The third-order valence-corrected chi connectivity index (χ3v) is 5.90. The van der Waals surface area contributed by atoms with Gasteiger partial charge in [0.25, 0.3) is 5.91 Å². The summed E-state index contributed by atoms with van der Waals surface area (Å²) in [6.45, 7) is 6.47. The summed E-state index contributed by atoms with van der Waals surface area (Å²) < 4.78 is 11.5. The van der Waals surface area contributed by atoms with Gasteiger partial charge in [-0.1, -0.05) is 6.92 Å². The molecule has 1 amide bonds. The number of nitrogens with one attached hydrogen (secondary N) is 1. The molecule has 2 aliphatic rings. The Labute approximate surface area is 166 Å². The number of piperidine rings is 1. The number of ether oxygens (including phenoxy) is 1. The van der Waals surface area contributed by atoms with Gasteiger partial charge in [-0.15, -0.1) is 0 Å². The van der Waals surface area contributed by atoms with Gasteiger partial charge in [-0.2, -0.15) is 0 Å². The van der Waals surface area contributed by atoms with Gasteiger partial charge in [-0.25, -0.2) is 0 Å². The summed E-state index contributed by atoms with van der Waals surface area (Å²) in [6, 6.07) is 7.73. The third kappa shape index (κ3) is 4.80. The molecule has 0 spiro atoms. The first-order valence-electron chi connectivity index (χ1n) is 10.3. The molecular formula is C22H29N3O3. The highest BCUT2D eigenvalue weighted by atomic mass is 16.5. The summed E-state index contributed by atoms with van der Waals surface area (Å²) in [5.41, 5.74) is 1.21. The van der Waals surface area contributed by atoms with Gasteiger partial charge in [-0.05, 0) is 68.1 Å². The smallest absolute Gasteiger partial charge is 0.287 e. The SMILES string of the molecule is CC1CCN(Cc2ccc(C(=O)N[C@@H]3COC[C@H]3Cc3ccncc3)o2)CC1. The van der Waals surface area contributed by atoms with E-state index in [4.69, 9.17) is 9.15 Å². The number of aromatic nitrogens is 1. The molecule has 0 aliphatic carbocycles. The standard InChI is InChI=1S/C22H29N3O3/c1-16-6-10-25(11-7-16)13-19-2-3-21(28-19)22(26)24-20-15-27-14-18(20)12-17-4-8-23-9-5-17/h2-5,8-9,16,18,20H,6-7,10-15H2,1H3,(H,24,26)/t18-,20-/m1/s1. The molecule has 150 valence electrons. The number of amides is 1. The highest BCUT2D eigenvalue weighted by molar-refractivity contribution is 5.91. The number of carbonyl (C=O) groups excluding carboxylic acids is 1. The fourth-order valence-corrected chi connectivity index (χ4v) is 4.05. The molecule has 4 heterocycles. The van der Waals surface area contributed by atoms with Gasteiger partial charge in [0.1, 0.15) is 5.76 Å². The van der Waals surface area contributed by atoms with E-state index >= 15 is 0 Å². The van der Waals surface area contributed by atoms with Crippen molar-refractivity contribution in [1.29, 1.82) is 0 Å². The maximum atomic E-state index is 12.7. The zero-order valence-electron chi connectivity index (χ0n) is 16.5. The number of carbonyl (C=O) groups is 1. The molecule has 28 heavy (non-hydrogen) atoms. The molecule has 1 N–H and O–H groups in total. The van der Waals surface area contributed by atoms with E-state index < -0.39 is 0 Å². The second kappa shape index (κ2) is 8.88. The van der Waals surface area contributed by atoms with Crippen molar-refractivity contribution in [1.82, 2.24) is 15.2 Å². The largest absolute Gasteiger partial charge is 0.455 e. The molecule has 4 rings (SSSR count). The van der Waals surface area contributed by atoms with Crippen LogP contribution in [0.5, 0.6) is 0 Å². The molecule has 2 saturated heterocycles. The molecule has 0 radical (unpaired) electrons. The first-order chi connectivity index (χ1) is 13.7. The number of hydrogen-bond acceptors (Lipinski definition) is 5. The fourth-order valence-electron chi connectivity index (χ4n) is 4.05. The van der Waals surface area contributed by atoms with Crippen molar-refractivity contribution in [3.63, 3.8) is 0 Å². The average Bonchev–Trinajstić information content (AvgIpc) is 3.34. The monoisotopic (exact) mass is 383 g/mol. The lowest BCUT2D eigenvalue weighted by molar-refractivity contribution is 0.0891. The number of likely N-dealkylation sites (tertiary alicyclic amines) is 1. The van der Waals surface area contributed by atoms with E-state index in [2.05, 4.69) is 22.1 Å². The third-order valence-electron chi connectivity index (χ3n) is 5.90. The number of rotatable bonds is 6. The highest BCUT2D eigenvalue weighted by Gasteiger charge is 2.30. The Hall–Kier alpha value is -2.18. The first kappa shape index (κ1) is 19.2. The second-order valence-electron chi connectivity index (χ2n) is 8.16. The van der Waals surface area contributed by atoms with E-state index in [9.17, 15) is 4.79 Å². The summed E-state index contributed by atoms with van der Waals surface area (Å²) >= 11 is 0. The van der Waals surface area contributed by atoms with Gasteiger partial charge < -0.3 is 14.5 Å². The molecule has 0 aromatic carbocycles. The zero-order chi connectivity index (χ0) is 19.3. The molecule has 6 heteroatoms. The lowest BCUT2D eigenvalue weighted by Gasteiger charge is -2.29. The van der Waals surface area contributed by atoms with Crippen LogP contribution in [0.4, 0.5) is 0 Å². The van der Waals surface area contributed by atoms with Crippen LogP contribution in [0, 0.1) is 11.8 Å². The molecule has 2 aromatic rings. The molecule has 0 bridgehead atoms. The zero-order valence-corrected chi connectivity index (χ0v) is 16.5. The molecule has 0 unspecified atom stereocenters. The molecule has 2 aliphatic heterocycles. The van der Waals surface area contributed by atoms with Gasteiger partial charge in [-0.3, -0.25) is 14.7 Å². The molecule has 2 atom stereocenters. The van der Waals surface area contributed by atoms with Gasteiger partial charge in [0.15, 0.2) is 5.76 Å². The minimum Gasteiger partial charge on any atom is -0.455 e. The maximum absolute atomic E-state index is 12.7. The summed E-state index contributed by atoms with van der Waals surface area (Å²) in [6.07, 6.45) is 6.92. The average molecular weight is 383 g/mol. The van der Waals surface area contributed by atoms with Gasteiger partial charge in [0.05, 0.1) is 25.8 Å². The van der Waals surface area contributed by atoms with E-state index in [0.29, 0.717) is 19.0 Å².